The van der Waals surface area contributed by atoms with Crippen LogP contribution < -0.4 is 0 Å². The van der Waals surface area contributed by atoms with E-state index in [0.29, 0.717) is 25.2 Å². The number of nitrogens with zero attached hydrogens (tertiary/aromatic N) is 3. The molecule has 2 heterocycles. The number of carbonyl (C=O) groups excluding carboxylic acids is 1. The minimum atomic E-state index is -0.703. The third kappa shape index (κ3) is 3.77. The van der Waals surface area contributed by atoms with Gasteiger partial charge in [0.15, 0.2) is 0 Å². The summed E-state index contributed by atoms with van der Waals surface area (Å²) >= 11 is 0. The normalized spacial score (nSPS) is 21.0. The van der Waals surface area contributed by atoms with Crippen LogP contribution in [0.5, 0.6) is 0 Å². The zero-order valence-corrected chi connectivity index (χ0v) is 12.4. The summed E-state index contributed by atoms with van der Waals surface area (Å²) in [6, 6.07) is 3.74. The second-order valence-electron chi connectivity index (χ2n) is 6.12. The van der Waals surface area contributed by atoms with Gasteiger partial charge in [-0.2, -0.15) is 0 Å². The SMILES string of the molecule is C[C@@H]1CN(C(=O)c2ccncc2)CCN1CC(C)(C)O. The van der Waals surface area contributed by atoms with Crippen LogP contribution in [0.4, 0.5) is 0 Å². The van der Waals surface area contributed by atoms with E-state index in [1.165, 1.54) is 0 Å². The maximum absolute atomic E-state index is 12.4. The molecule has 0 aromatic carbocycles. The molecule has 1 fully saturated rings. The number of rotatable bonds is 3. The van der Waals surface area contributed by atoms with Crippen molar-refractivity contribution in [3.63, 3.8) is 0 Å². The lowest BCUT2D eigenvalue weighted by Crippen LogP contribution is -2.56. The fourth-order valence-corrected chi connectivity index (χ4v) is 2.59. The molecule has 2 rings (SSSR count). The number of amides is 1. The molecule has 110 valence electrons. The second-order valence-corrected chi connectivity index (χ2v) is 6.12. The zero-order valence-electron chi connectivity index (χ0n) is 12.4. The van der Waals surface area contributed by atoms with Crippen molar-refractivity contribution in [2.75, 3.05) is 26.2 Å². The average Bonchev–Trinajstić information content (AvgIpc) is 2.40. The molecule has 20 heavy (non-hydrogen) atoms. The van der Waals surface area contributed by atoms with Crippen molar-refractivity contribution in [3.8, 4) is 0 Å². The number of β-amino-alcohol motifs (C(OH)–C–C–N with tert-alkyl or cyclic N) is 1. The largest absolute Gasteiger partial charge is 0.389 e. The van der Waals surface area contributed by atoms with Gasteiger partial charge in [-0.05, 0) is 32.9 Å². The quantitative estimate of drug-likeness (QED) is 0.895. The van der Waals surface area contributed by atoms with Crippen LogP contribution >= 0.6 is 0 Å². The van der Waals surface area contributed by atoms with E-state index in [4.69, 9.17) is 0 Å². The molecule has 1 aliphatic heterocycles. The Morgan fingerprint density at radius 3 is 2.60 bits per heavy atom. The van der Waals surface area contributed by atoms with E-state index < -0.39 is 5.60 Å². The summed E-state index contributed by atoms with van der Waals surface area (Å²) in [6.07, 6.45) is 3.28. The first kappa shape index (κ1) is 14.9. The number of pyridine rings is 1. The van der Waals surface area contributed by atoms with Crippen molar-refractivity contribution in [2.24, 2.45) is 0 Å². The number of hydrogen-bond donors (Lipinski definition) is 1. The van der Waals surface area contributed by atoms with Gasteiger partial charge in [0.2, 0.25) is 0 Å². The third-order valence-corrected chi connectivity index (χ3v) is 3.57. The van der Waals surface area contributed by atoms with Gasteiger partial charge in [-0.3, -0.25) is 14.7 Å². The lowest BCUT2D eigenvalue weighted by Gasteiger charge is -2.42. The van der Waals surface area contributed by atoms with Crippen molar-refractivity contribution < 1.29 is 9.90 Å². The maximum atomic E-state index is 12.4. The van der Waals surface area contributed by atoms with Crippen LogP contribution in [0.2, 0.25) is 0 Å². The summed E-state index contributed by atoms with van der Waals surface area (Å²) in [7, 11) is 0. The number of carbonyl (C=O) groups is 1. The van der Waals surface area contributed by atoms with Gasteiger partial charge in [-0.1, -0.05) is 0 Å². The molecular formula is C15H23N3O2. The maximum Gasteiger partial charge on any atom is 0.254 e. The van der Waals surface area contributed by atoms with Crippen molar-refractivity contribution in [2.45, 2.75) is 32.4 Å². The Labute approximate surface area is 120 Å². The number of aliphatic hydroxyl groups is 1. The minimum absolute atomic E-state index is 0.0576. The van der Waals surface area contributed by atoms with Crippen LogP contribution in [-0.4, -0.2) is 63.6 Å². The predicted molar refractivity (Wildman–Crippen MR) is 77.5 cm³/mol. The fraction of sp³-hybridized carbons (Fsp3) is 0.600. The van der Waals surface area contributed by atoms with Crippen LogP contribution in [0.1, 0.15) is 31.1 Å². The van der Waals surface area contributed by atoms with Gasteiger partial charge in [0, 0.05) is 50.2 Å². The topological polar surface area (TPSA) is 56.7 Å². The summed E-state index contributed by atoms with van der Waals surface area (Å²) < 4.78 is 0. The first-order chi connectivity index (χ1) is 9.37. The molecule has 1 aliphatic rings. The van der Waals surface area contributed by atoms with Crippen molar-refractivity contribution >= 4 is 5.91 Å². The Bertz CT molecular complexity index is 456. The minimum Gasteiger partial charge on any atom is -0.389 e. The summed E-state index contributed by atoms with van der Waals surface area (Å²) in [5, 5.41) is 9.91. The molecule has 1 N–H and O–H groups in total. The van der Waals surface area contributed by atoms with Crippen LogP contribution in [-0.2, 0) is 0 Å². The highest BCUT2D eigenvalue weighted by Gasteiger charge is 2.30. The van der Waals surface area contributed by atoms with E-state index >= 15 is 0 Å². The number of piperazine rings is 1. The third-order valence-electron chi connectivity index (χ3n) is 3.57. The molecule has 5 nitrogen and oxygen atoms in total. The van der Waals surface area contributed by atoms with E-state index in [0.717, 1.165) is 6.54 Å². The fourth-order valence-electron chi connectivity index (χ4n) is 2.59. The van der Waals surface area contributed by atoms with Gasteiger partial charge in [-0.15, -0.1) is 0 Å². The Hall–Kier alpha value is -1.46. The lowest BCUT2D eigenvalue weighted by atomic mass is 10.1. The molecule has 1 amide bonds. The van der Waals surface area contributed by atoms with Gasteiger partial charge in [-0.25, -0.2) is 0 Å². The van der Waals surface area contributed by atoms with Crippen molar-refractivity contribution in [1.29, 1.82) is 0 Å². The van der Waals surface area contributed by atoms with Gasteiger partial charge in [0.1, 0.15) is 0 Å². The highest BCUT2D eigenvalue weighted by atomic mass is 16.3. The molecule has 0 saturated carbocycles. The van der Waals surface area contributed by atoms with E-state index in [1.807, 2.05) is 18.7 Å². The summed E-state index contributed by atoms with van der Waals surface area (Å²) in [5.41, 5.74) is -0.0194. The summed E-state index contributed by atoms with van der Waals surface area (Å²) in [6.45, 7) is 8.53. The first-order valence-electron chi connectivity index (χ1n) is 7.02. The monoisotopic (exact) mass is 277 g/mol. The van der Waals surface area contributed by atoms with Crippen molar-refractivity contribution in [3.05, 3.63) is 30.1 Å². The number of aromatic nitrogens is 1. The summed E-state index contributed by atoms with van der Waals surface area (Å²) in [4.78, 5) is 20.4. The van der Waals surface area contributed by atoms with Crippen LogP contribution in [0.25, 0.3) is 0 Å². The smallest absolute Gasteiger partial charge is 0.254 e. The molecule has 0 unspecified atom stereocenters. The van der Waals surface area contributed by atoms with Crippen LogP contribution in [0, 0.1) is 0 Å². The second kappa shape index (κ2) is 5.89. The van der Waals surface area contributed by atoms with Gasteiger partial charge in [0.25, 0.3) is 5.91 Å². The predicted octanol–water partition coefficient (Wildman–Crippen LogP) is 0.999. The van der Waals surface area contributed by atoms with E-state index in [-0.39, 0.29) is 11.9 Å². The van der Waals surface area contributed by atoms with Crippen LogP contribution in [0.3, 0.4) is 0 Å². The molecule has 0 aliphatic carbocycles. The lowest BCUT2D eigenvalue weighted by molar-refractivity contribution is -0.00143. The zero-order chi connectivity index (χ0) is 14.8. The first-order valence-corrected chi connectivity index (χ1v) is 7.02. The van der Waals surface area contributed by atoms with Gasteiger partial charge in [0.05, 0.1) is 5.60 Å². The Balaban J connectivity index is 1.97. The highest BCUT2D eigenvalue weighted by molar-refractivity contribution is 5.94. The molecule has 1 atom stereocenters. The van der Waals surface area contributed by atoms with Gasteiger partial charge < -0.3 is 10.0 Å². The van der Waals surface area contributed by atoms with E-state index in [9.17, 15) is 9.90 Å². The average molecular weight is 277 g/mol. The molecule has 1 aromatic heterocycles. The molecule has 1 saturated heterocycles. The van der Waals surface area contributed by atoms with E-state index in [2.05, 4.69) is 16.8 Å². The molecular weight excluding hydrogens is 254 g/mol. The highest BCUT2D eigenvalue weighted by Crippen LogP contribution is 2.15. The molecule has 0 bridgehead atoms. The Morgan fingerprint density at radius 1 is 1.40 bits per heavy atom. The van der Waals surface area contributed by atoms with Gasteiger partial charge >= 0.3 is 0 Å². The number of hydrogen-bond acceptors (Lipinski definition) is 4. The molecule has 5 heteroatoms. The molecule has 0 radical (unpaired) electrons. The standard InChI is InChI=1S/C15H23N3O2/c1-12-10-17(8-9-18(12)11-15(2,3)20)14(19)13-4-6-16-7-5-13/h4-7,12,20H,8-11H2,1-3H3/t12-/m1/s1. The molecule has 0 spiro atoms. The summed E-state index contributed by atoms with van der Waals surface area (Å²) in [5.74, 6) is 0.0576. The van der Waals surface area contributed by atoms with E-state index in [1.54, 1.807) is 24.5 Å². The van der Waals surface area contributed by atoms with Crippen molar-refractivity contribution in [1.82, 2.24) is 14.8 Å². The Kier molecular flexibility index (Phi) is 4.40. The molecule has 1 aromatic rings. The Morgan fingerprint density at radius 2 is 2.05 bits per heavy atom. The van der Waals surface area contributed by atoms with Crippen LogP contribution in [0.15, 0.2) is 24.5 Å².